The number of aromatic nitrogens is 2. The van der Waals surface area contributed by atoms with Gasteiger partial charge in [0.1, 0.15) is 5.82 Å². The van der Waals surface area contributed by atoms with E-state index >= 15 is 0 Å². The SMILES string of the molecule is CC(C)(C)c1nc(C2CCCC2)ncc1N1CCNCC1. The molecule has 2 aliphatic rings. The van der Waals surface area contributed by atoms with Crippen LogP contribution in [-0.2, 0) is 5.41 Å². The Balaban J connectivity index is 1.94. The van der Waals surface area contributed by atoms with E-state index in [0.29, 0.717) is 5.92 Å². The molecule has 2 heterocycles. The zero-order valence-electron chi connectivity index (χ0n) is 13.7. The maximum atomic E-state index is 5.03. The number of anilines is 1. The fourth-order valence-corrected chi connectivity index (χ4v) is 3.46. The molecule has 1 aromatic rings. The van der Waals surface area contributed by atoms with E-state index in [2.05, 4.69) is 37.2 Å². The van der Waals surface area contributed by atoms with Crippen LogP contribution >= 0.6 is 0 Å². The third-order valence-corrected chi connectivity index (χ3v) is 4.68. The second-order valence-electron chi connectivity index (χ2n) is 7.43. The quantitative estimate of drug-likeness (QED) is 0.908. The molecule has 2 fully saturated rings. The topological polar surface area (TPSA) is 41.1 Å². The van der Waals surface area contributed by atoms with Crippen molar-refractivity contribution in [2.45, 2.75) is 57.8 Å². The summed E-state index contributed by atoms with van der Waals surface area (Å²) in [6, 6.07) is 0. The van der Waals surface area contributed by atoms with Gasteiger partial charge in [-0.1, -0.05) is 33.6 Å². The van der Waals surface area contributed by atoms with E-state index in [4.69, 9.17) is 9.97 Å². The molecule has 21 heavy (non-hydrogen) atoms. The Labute approximate surface area is 128 Å². The first-order chi connectivity index (χ1) is 10.1. The maximum Gasteiger partial charge on any atom is 0.131 e. The van der Waals surface area contributed by atoms with Gasteiger partial charge < -0.3 is 10.2 Å². The van der Waals surface area contributed by atoms with E-state index in [1.165, 1.54) is 37.1 Å². The average molecular weight is 288 g/mol. The molecule has 0 bridgehead atoms. The minimum Gasteiger partial charge on any atom is -0.366 e. The molecular formula is C17H28N4. The van der Waals surface area contributed by atoms with Crippen LogP contribution in [0.3, 0.4) is 0 Å². The lowest BCUT2D eigenvalue weighted by Crippen LogP contribution is -2.44. The first-order valence-electron chi connectivity index (χ1n) is 8.39. The van der Waals surface area contributed by atoms with Crippen LogP contribution in [0.4, 0.5) is 5.69 Å². The van der Waals surface area contributed by atoms with E-state index in [-0.39, 0.29) is 5.41 Å². The molecule has 4 nitrogen and oxygen atoms in total. The van der Waals surface area contributed by atoms with Gasteiger partial charge in [-0.25, -0.2) is 9.97 Å². The summed E-state index contributed by atoms with van der Waals surface area (Å²) < 4.78 is 0. The molecule has 1 N–H and O–H groups in total. The number of piperazine rings is 1. The number of nitrogens with one attached hydrogen (secondary N) is 1. The van der Waals surface area contributed by atoms with Crippen LogP contribution in [0.5, 0.6) is 0 Å². The largest absolute Gasteiger partial charge is 0.366 e. The number of nitrogens with zero attached hydrogens (tertiary/aromatic N) is 3. The van der Waals surface area contributed by atoms with Gasteiger partial charge in [0.25, 0.3) is 0 Å². The summed E-state index contributed by atoms with van der Waals surface area (Å²) in [5.41, 5.74) is 2.53. The van der Waals surface area contributed by atoms with E-state index < -0.39 is 0 Å². The second-order valence-corrected chi connectivity index (χ2v) is 7.43. The highest BCUT2D eigenvalue weighted by Gasteiger charge is 2.27. The fraction of sp³-hybridized carbons (Fsp3) is 0.765. The Kier molecular flexibility index (Phi) is 4.16. The minimum absolute atomic E-state index is 0.0660. The highest BCUT2D eigenvalue weighted by molar-refractivity contribution is 5.52. The van der Waals surface area contributed by atoms with Crippen molar-refractivity contribution in [1.29, 1.82) is 0 Å². The number of rotatable bonds is 2. The minimum atomic E-state index is 0.0660. The van der Waals surface area contributed by atoms with Gasteiger partial charge in [-0.05, 0) is 12.8 Å². The van der Waals surface area contributed by atoms with Gasteiger partial charge in [0, 0.05) is 37.5 Å². The normalized spacial score (nSPS) is 21.0. The van der Waals surface area contributed by atoms with E-state index in [1.807, 2.05) is 0 Å². The van der Waals surface area contributed by atoms with Crippen LogP contribution in [-0.4, -0.2) is 36.1 Å². The summed E-state index contributed by atoms with van der Waals surface area (Å²) in [5, 5.41) is 3.42. The molecule has 3 rings (SSSR count). The summed E-state index contributed by atoms with van der Waals surface area (Å²) in [5.74, 6) is 1.67. The second kappa shape index (κ2) is 5.91. The van der Waals surface area contributed by atoms with E-state index in [1.54, 1.807) is 0 Å². The van der Waals surface area contributed by atoms with Gasteiger partial charge in [-0.2, -0.15) is 0 Å². The van der Waals surface area contributed by atoms with Crippen molar-refractivity contribution in [3.8, 4) is 0 Å². The third-order valence-electron chi connectivity index (χ3n) is 4.68. The van der Waals surface area contributed by atoms with Crippen molar-refractivity contribution in [2.75, 3.05) is 31.1 Å². The van der Waals surface area contributed by atoms with Gasteiger partial charge in [0.05, 0.1) is 17.6 Å². The predicted molar refractivity (Wildman–Crippen MR) is 87.0 cm³/mol. The van der Waals surface area contributed by atoms with Gasteiger partial charge >= 0.3 is 0 Å². The fourth-order valence-electron chi connectivity index (χ4n) is 3.46. The molecule has 0 aromatic carbocycles. The molecule has 1 aliphatic carbocycles. The predicted octanol–water partition coefficient (Wildman–Crippen LogP) is 2.84. The average Bonchev–Trinajstić information content (AvgIpc) is 3.01. The Hall–Kier alpha value is -1.16. The van der Waals surface area contributed by atoms with Crippen LogP contribution in [0.2, 0.25) is 0 Å². The zero-order valence-corrected chi connectivity index (χ0v) is 13.7. The first kappa shape index (κ1) is 14.8. The van der Waals surface area contributed by atoms with E-state index in [0.717, 1.165) is 32.0 Å². The molecular weight excluding hydrogens is 260 g/mol. The lowest BCUT2D eigenvalue weighted by Gasteiger charge is -2.33. The lowest BCUT2D eigenvalue weighted by atomic mass is 9.90. The van der Waals surface area contributed by atoms with Crippen molar-refractivity contribution >= 4 is 5.69 Å². The zero-order chi connectivity index (χ0) is 14.9. The third kappa shape index (κ3) is 3.20. The molecule has 4 heteroatoms. The standard InChI is InChI=1S/C17H28N4/c1-17(2,3)15-14(21-10-8-18-9-11-21)12-19-16(20-15)13-6-4-5-7-13/h12-13,18H,4-11H2,1-3H3. The summed E-state index contributed by atoms with van der Waals surface area (Å²) in [7, 11) is 0. The molecule has 1 saturated heterocycles. The maximum absolute atomic E-state index is 5.03. The summed E-state index contributed by atoms with van der Waals surface area (Å²) in [6.45, 7) is 11.0. The van der Waals surface area contributed by atoms with Crippen LogP contribution in [0.1, 0.15) is 63.9 Å². The van der Waals surface area contributed by atoms with Crippen molar-refractivity contribution in [3.05, 3.63) is 17.7 Å². The number of hydrogen-bond acceptors (Lipinski definition) is 4. The van der Waals surface area contributed by atoms with Crippen LogP contribution in [0.25, 0.3) is 0 Å². The van der Waals surface area contributed by atoms with Gasteiger partial charge in [0.2, 0.25) is 0 Å². The Morgan fingerprint density at radius 1 is 1.14 bits per heavy atom. The van der Waals surface area contributed by atoms with Crippen molar-refractivity contribution in [3.63, 3.8) is 0 Å². The Morgan fingerprint density at radius 3 is 2.43 bits per heavy atom. The molecule has 1 aliphatic heterocycles. The highest BCUT2D eigenvalue weighted by Crippen LogP contribution is 2.35. The van der Waals surface area contributed by atoms with E-state index in [9.17, 15) is 0 Å². The molecule has 116 valence electrons. The van der Waals surface area contributed by atoms with Crippen molar-refractivity contribution < 1.29 is 0 Å². The molecule has 0 atom stereocenters. The van der Waals surface area contributed by atoms with Crippen LogP contribution in [0, 0.1) is 0 Å². The Morgan fingerprint density at radius 2 is 1.81 bits per heavy atom. The monoisotopic (exact) mass is 288 g/mol. The van der Waals surface area contributed by atoms with Crippen molar-refractivity contribution in [1.82, 2.24) is 15.3 Å². The van der Waals surface area contributed by atoms with Crippen LogP contribution < -0.4 is 10.2 Å². The molecule has 0 amide bonds. The first-order valence-corrected chi connectivity index (χ1v) is 8.39. The molecule has 0 radical (unpaired) electrons. The smallest absolute Gasteiger partial charge is 0.131 e. The molecule has 1 saturated carbocycles. The summed E-state index contributed by atoms with van der Waals surface area (Å²) in [4.78, 5) is 12.2. The number of hydrogen-bond donors (Lipinski definition) is 1. The Bertz CT molecular complexity index is 480. The lowest BCUT2D eigenvalue weighted by molar-refractivity contribution is 0.536. The molecule has 1 aromatic heterocycles. The summed E-state index contributed by atoms with van der Waals surface area (Å²) in [6.07, 6.45) is 7.27. The molecule has 0 spiro atoms. The molecule has 0 unspecified atom stereocenters. The van der Waals surface area contributed by atoms with Gasteiger partial charge in [-0.3, -0.25) is 0 Å². The van der Waals surface area contributed by atoms with Crippen molar-refractivity contribution in [2.24, 2.45) is 0 Å². The van der Waals surface area contributed by atoms with Gasteiger partial charge in [-0.15, -0.1) is 0 Å². The van der Waals surface area contributed by atoms with Gasteiger partial charge in [0.15, 0.2) is 0 Å². The summed E-state index contributed by atoms with van der Waals surface area (Å²) >= 11 is 0. The van der Waals surface area contributed by atoms with Crippen LogP contribution in [0.15, 0.2) is 6.20 Å². The highest BCUT2D eigenvalue weighted by atomic mass is 15.2.